The number of hydrogen-bond donors (Lipinski definition) is 2. The predicted octanol–water partition coefficient (Wildman–Crippen LogP) is 1.53. The van der Waals surface area contributed by atoms with Gasteiger partial charge in [-0.05, 0) is 57.8 Å². The van der Waals surface area contributed by atoms with Crippen LogP contribution in [-0.4, -0.2) is 29.6 Å². The molecule has 17 heavy (non-hydrogen) atoms. The Bertz CT molecular complexity index is 328. The summed E-state index contributed by atoms with van der Waals surface area (Å²) in [5.74, 6) is 5.74. The number of likely N-dealkylation sites (tertiary alicyclic amines) is 1. The molecule has 3 N–H and O–H groups in total. The number of nitrogens with one attached hydrogen (secondary N) is 1. The van der Waals surface area contributed by atoms with Gasteiger partial charge in [0, 0.05) is 11.6 Å². The van der Waals surface area contributed by atoms with Crippen molar-refractivity contribution in [3.63, 3.8) is 0 Å². The first-order valence-corrected chi connectivity index (χ1v) is 6.37. The standard InChI is InChI=1S/C13H23N3O/c1-13(2,16-6-3-4-7-16)12(15-14)9-11-5-8-17-10-11/h5,8,10,12,15H,3-4,6-7,9,14H2,1-2H3. The molecule has 1 aromatic rings. The van der Waals surface area contributed by atoms with Crippen LogP contribution in [0.2, 0.25) is 0 Å². The SMILES string of the molecule is CC(C)(C(Cc1ccoc1)NN)N1CCCC1. The lowest BCUT2D eigenvalue weighted by atomic mass is 9.89. The molecule has 0 radical (unpaired) electrons. The third kappa shape index (κ3) is 2.70. The Hall–Kier alpha value is -0.840. The quantitative estimate of drug-likeness (QED) is 0.602. The minimum atomic E-state index is 0.0719. The van der Waals surface area contributed by atoms with E-state index in [1.54, 1.807) is 12.5 Å². The van der Waals surface area contributed by atoms with Gasteiger partial charge in [0.1, 0.15) is 0 Å². The van der Waals surface area contributed by atoms with Crippen LogP contribution in [0.5, 0.6) is 0 Å². The van der Waals surface area contributed by atoms with Gasteiger partial charge in [-0.25, -0.2) is 0 Å². The van der Waals surface area contributed by atoms with Crippen molar-refractivity contribution >= 4 is 0 Å². The molecule has 96 valence electrons. The van der Waals surface area contributed by atoms with Crippen molar-refractivity contribution in [1.82, 2.24) is 10.3 Å². The van der Waals surface area contributed by atoms with Crippen LogP contribution in [0, 0.1) is 0 Å². The maximum atomic E-state index is 5.74. The second-order valence-corrected chi connectivity index (χ2v) is 5.40. The fourth-order valence-corrected chi connectivity index (χ4v) is 2.67. The van der Waals surface area contributed by atoms with Crippen LogP contribution in [0.15, 0.2) is 23.0 Å². The minimum absolute atomic E-state index is 0.0719. The Morgan fingerprint density at radius 3 is 2.71 bits per heavy atom. The first-order valence-electron chi connectivity index (χ1n) is 6.37. The smallest absolute Gasteiger partial charge is 0.0935 e. The molecule has 1 saturated heterocycles. The number of furan rings is 1. The highest BCUT2D eigenvalue weighted by molar-refractivity contribution is 5.10. The van der Waals surface area contributed by atoms with Crippen LogP contribution in [0.3, 0.4) is 0 Å². The molecule has 2 heterocycles. The van der Waals surface area contributed by atoms with E-state index in [1.165, 1.54) is 31.5 Å². The van der Waals surface area contributed by atoms with E-state index < -0.39 is 0 Å². The van der Waals surface area contributed by atoms with Crippen molar-refractivity contribution in [3.8, 4) is 0 Å². The summed E-state index contributed by atoms with van der Waals surface area (Å²) in [4.78, 5) is 2.53. The van der Waals surface area contributed by atoms with Crippen LogP contribution in [0.1, 0.15) is 32.3 Å². The van der Waals surface area contributed by atoms with E-state index >= 15 is 0 Å². The van der Waals surface area contributed by atoms with E-state index in [1.807, 2.05) is 6.07 Å². The van der Waals surface area contributed by atoms with Gasteiger partial charge in [0.15, 0.2) is 0 Å². The monoisotopic (exact) mass is 237 g/mol. The molecule has 1 aromatic heterocycles. The van der Waals surface area contributed by atoms with E-state index in [0.29, 0.717) is 0 Å². The first-order chi connectivity index (χ1) is 8.14. The molecule has 0 aromatic carbocycles. The molecule has 4 nitrogen and oxygen atoms in total. The second-order valence-electron chi connectivity index (χ2n) is 5.40. The van der Waals surface area contributed by atoms with E-state index in [0.717, 1.165) is 6.42 Å². The number of nitrogens with two attached hydrogens (primary N) is 1. The van der Waals surface area contributed by atoms with Gasteiger partial charge in [-0.15, -0.1) is 0 Å². The average Bonchev–Trinajstić information content (AvgIpc) is 2.98. The molecule has 1 aliphatic heterocycles. The fraction of sp³-hybridized carbons (Fsp3) is 0.692. The summed E-state index contributed by atoms with van der Waals surface area (Å²) >= 11 is 0. The topological polar surface area (TPSA) is 54.4 Å². The van der Waals surface area contributed by atoms with E-state index in [-0.39, 0.29) is 11.6 Å². The van der Waals surface area contributed by atoms with Gasteiger partial charge in [-0.3, -0.25) is 16.2 Å². The summed E-state index contributed by atoms with van der Waals surface area (Å²) in [5, 5.41) is 0. The van der Waals surface area contributed by atoms with Gasteiger partial charge < -0.3 is 4.42 Å². The Morgan fingerprint density at radius 2 is 2.18 bits per heavy atom. The van der Waals surface area contributed by atoms with Crippen LogP contribution < -0.4 is 11.3 Å². The van der Waals surface area contributed by atoms with Gasteiger partial charge in [-0.2, -0.15) is 0 Å². The third-order valence-corrected chi connectivity index (χ3v) is 3.99. The van der Waals surface area contributed by atoms with Crippen molar-refractivity contribution in [2.75, 3.05) is 13.1 Å². The molecule has 0 bridgehead atoms. The maximum Gasteiger partial charge on any atom is 0.0935 e. The lowest BCUT2D eigenvalue weighted by molar-refractivity contribution is 0.106. The van der Waals surface area contributed by atoms with Gasteiger partial charge in [0.2, 0.25) is 0 Å². The highest BCUT2D eigenvalue weighted by Gasteiger charge is 2.36. The molecule has 1 fully saturated rings. The summed E-state index contributed by atoms with van der Waals surface area (Å²) in [6, 6.07) is 2.24. The van der Waals surface area contributed by atoms with Crippen molar-refractivity contribution in [3.05, 3.63) is 24.2 Å². The van der Waals surface area contributed by atoms with Crippen LogP contribution >= 0.6 is 0 Å². The summed E-state index contributed by atoms with van der Waals surface area (Å²) in [6.07, 6.45) is 7.01. The van der Waals surface area contributed by atoms with Gasteiger partial charge >= 0.3 is 0 Å². The summed E-state index contributed by atoms with van der Waals surface area (Å²) < 4.78 is 5.12. The van der Waals surface area contributed by atoms with Crippen molar-refractivity contribution in [2.24, 2.45) is 5.84 Å². The molecule has 0 saturated carbocycles. The molecule has 1 unspecified atom stereocenters. The Kier molecular flexibility index (Phi) is 3.86. The molecule has 0 spiro atoms. The van der Waals surface area contributed by atoms with E-state index in [4.69, 9.17) is 10.3 Å². The van der Waals surface area contributed by atoms with Crippen LogP contribution in [-0.2, 0) is 6.42 Å². The number of rotatable bonds is 5. The maximum absolute atomic E-state index is 5.74. The molecular weight excluding hydrogens is 214 g/mol. The molecule has 2 rings (SSSR count). The van der Waals surface area contributed by atoms with Crippen LogP contribution in [0.25, 0.3) is 0 Å². The number of hydrazine groups is 1. The summed E-state index contributed by atoms with van der Waals surface area (Å²) in [7, 11) is 0. The highest BCUT2D eigenvalue weighted by Crippen LogP contribution is 2.26. The lowest BCUT2D eigenvalue weighted by Gasteiger charge is -2.41. The first kappa shape index (κ1) is 12.6. The zero-order chi connectivity index (χ0) is 12.3. The predicted molar refractivity (Wildman–Crippen MR) is 68.4 cm³/mol. The Morgan fingerprint density at radius 1 is 1.47 bits per heavy atom. The average molecular weight is 237 g/mol. The fourth-order valence-electron chi connectivity index (χ4n) is 2.67. The molecular formula is C13H23N3O. The second kappa shape index (κ2) is 5.21. The van der Waals surface area contributed by atoms with Gasteiger partial charge in [0.05, 0.1) is 12.5 Å². The molecule has 0 amide bonds. The van der Waals surface area contributed by atoms with Crippen molar-refractivity contribution in [2.45, 2.75) is 44.7 Å². The normalized spacial score (nSPS) is 19.7. The summed E-state index contributed by atoms with van der Waals surface area (Å²) in [5.41, 5.74) is 4.24. The molecule has 1 aliphatic rings. The van der Waals surface area contributed by atoms with Gasteiger partial charge in [0.25, 0.3) is 0 Å². The Balaban J connectivity index is 2.05. The zero-order valence-corrected chi connectivity index (χ0v) is 10.8. The van der Waals surface area contributed by atoms with E-state index in [9.17, 15) is 0 Å². The Labute approximate surface area is 103 Å². The van der Waals surface area contributed by atoms with E-state index in [2.05, 4.69) is 24.2 Å². The highest BCUT2D eigenvalue weighted by atomic mass is 16.3. The number of nitrogens with zero attached hydrogens (tertiary/aromatic N) is 1. The van der Waals surface area contributed by atoms with Gasteiger partial charge in [-0.1, -0.05) is 0 Å². The lowest BCUT2D eigenvalue weighted by Crippen LogP contribution is -2.59. The minimum Gasteiger partial charge on any atom is -0.472 e. The van der Waals surface area contributed by atoms with Crippen molar-refractivity contribution in [1.29, 1.82) is 0 Å². The van der Waals surface area contributed by atoms with Crippen LogP contribution in [0.4, 0.5) is 0 Å². The molecule has 4 heteroatoms. The van der Waals surface area contributed by atoms with Crippen molar-refractivity contribution < 1.29 is 4.42 Å². The largest absolute Gasteiger partial charge is 0.472 e. The summed E-state index contributed by atoms with van der Waals surface area (Å²) in [6.45, 7) is 6.89. The zero-order valence-electron chi connectivity index (χ0n) is 10.8. The number of hydrogen-bond acceptors (Lipinski definition) is 4. The molecule has 0 aliphatic carbocycles. The molecule has 1 atom stereocenters. The third-order valence-electron chi connectivity index (χ3n) is 3.99.